The molecule has 2 aromatic rings. The Morgan fingerprint density at radius 2 is 2.18 bits per heavy atom. The molecule has 1 unspecified atom stereocenters. The van der Waals surface area contributed by atoms with Crippen LogP contribution in [0.4, 0.5) is 0 Å². The van der Waals surface area contributed by atoms with Gasteiger partial charge in [-0.3, -0.25) is 4.79 Å². The summed E-state index contributed by atoms with van der Waals surface area (Å²) in [5, 5.41) is 21.8. The summed E-state index contributed by atoms with van der Waals surface area (Å²) in [5.74, 6) is 0.278. The number of rotatable bonds is 6. The molecule has 152 valence electrons. The molecule has 1 amide bonds. The van der Waals surface area contributed by atoms with Crippen molar-refractivity contribution in [1.29, 1.82) is 0 Å². The highest BCUT2D eigenvalue weighted by Crippen LogP contribution is 2.28. The van der Waals surface area contributed by atoms with Crippen molar-refractivity contribution in [3.8, 4) is 17.0 Å². The molecule has 0 saturated carbocycles. The first-order valence-electron chi connectivity index (χ1n) is 9.11. The molecule has 0 bridgehead atoms. The maximum absolute atomic E-state index is 11.4. The third-order valence-electron chi connectivity index (χ3n) is 4.96. The number of methoxy groups -OCH3 is 2. The Morgan fingerprint density at radius 3 is 2.86 bits per heavy atom. The number of hydrogen-bond acceptors (Lipinski definition) is 7. The quantitative estimate of drug-likeness (QED) is 0.752. The van der Waals surface area contributed by atoms with E-state index < -0.39 is 24.5 Å². The molecule has 9 heteroatoms. The van der Waals surface area contributed by atoms with Gasteiger partial charge in [0.2, 0.25) is 5.91 Å². The minimum Gasteiger partial charge on any atom is -0.497 e. The molecule has 1 aromatic carbocycles. The summed E-state index contributed by atoms with van der Waals surface area (Å²) >= 11 is 0. The molecular formula is C19H26N4O5. The minimum absolute atomic E-state index is 0.202. The summed E-state index contributed by atoms with van der Waals surface area (Å²) in [6.07, 6.45) is -0.219. The highest BCUT2D eigenvalue weighted by Gasteiger charge is 2.43. The lowest BCUT2D eigenvalue weighted by Crippen LogP contribution is -2.60. The molecule has 5 atom stereocenters. The number of carbonyl (C=O) groups excluding carboxylic acids is 1. The minimum atomic E-state index is -0.798. The summed E-state index contributed by atoms with van der Waals surface area (Å²) in [5.41, 5.74) is 1.57. The van der Waals surface area contributed by atoms with Gasteiger partial charge < -0.3 is 24.6 Å². The molecule has 0 spiro atoms. The Labute approximate surface area is 163 Å². The number of ether oxygens (including phenoxy) is 3. The Bertz CT molecular complexity index is 809. The number of nitrogens with one attached hydrogen (secondary N) is 1. The van der Waals surface area contributed by atoms with Gasteiger partial charge in [0.25, 0.3) is 0 Å². The number of amides is 1. The van der Waals surface area contributed by atoms with Crippen molar-refractivity contribution < 1.29 is 24.1 Å². The second kappa shape index (κ2) is 8.68. The van der Waals surface area contributed by atoms with E-state index >= 15 is 0 Å². The first-order chi connectivity index (χ1) is 13.4. The molecule has 1 fully saturated rings. The number of aliphatic hydroxyl groups is 1. The van der Waals surface area contributed by atoms with Crippen LogP contribution in [0.1, 0.15) is 13.8 Å². The first kappa shape index (κ1) is 20.2. The van der Waals surface area contributed by atoms with E-state index in [2.05, 4.69) is 15.6 Å². The van der Waals surface area contributed by atoms with E-state index in [0.29, 0.717) is 12.2 Å². The van der Waals surface area contributed by atoms with E-state index in [-0.39, 0.29) is 11.8 Å². The molecule has 0 radical (unpaired) electrons. The molecule has 2 heterocycles. The third kappa shape index (κ3) is 4.32. The van der Waals surface area contributed by atoms with Crippen molar-refractivity contribution in [3.63, 3.8) is 0 Å². The van der Waals surface area contributed by atoms with Crippen molar-refractivity contribution in [2.45, 2.75) is 44.9 Å². The number of aliphatic hydroxyl groups excluding tert-OH is 1. The van der Waals surface area contributed by atoms with Gasteiger partial charge in [-0.15, -0.1) is 5.10 Å². The third-order valence-corrected chi connectivity index (χ3v) is 4.96. The zero-order valence-electron chi connectivity index (χ0n) is 16.4. The molecule has 28 heavy (non-hydrogen) atoms. The van der Waals surface area contributed by atoms with Gasteiger partial charge in [-0.2, -0.15) is 0 Å². The predicted molar refractivity (Wildman–Crippen MR) is 100 cm³/mol. The second-order valence-electron chi connectivity index (χ2n) is 6.91. The lowest BCUT2D eigenvalue weighted by Gasteiger charge is -2.43. The fourth-order valence-electron chi connectivity index (χ4n) is 3.41. The Balaban J connectivity index is 1.73. The van der Waals surface area contributed by atoms with Gasteiger partial charge in [0.15, 0.2) is 6.29 Å². The molecule has 1 saturated heterocycles. The van der Waals surface area contributed by atoms with Crippen molar-refractivity contribution in [1.82, 2.24) is 20.3 Å². The lowest BCUT2D eigenvalue weighted by atomic mass is 9.88. The predicted octanol–water partition coefficient (Wildman–Crippen LogP) is 0.827. The number of hydrogen-bond donors (Lipinski definition) is 2. The Kier molecular flexibility index (Phi) is 6.28. The van der Waals surface area contributed by atoms with Gasteiger partial charge in [-0.1, -0.05) is 24.3 Å². The zero-order chi connectivity index (χ0) is 20.3. The van der Waals surface area contributed by atoms with Crippen molar-refractivity contribution in [2.24, 2.45) is 5.92 Å². The topological polar surface area (TPSA) is 108 Å². The Morgan fingerprint density at radius 1 is 1.39 bits per heavy atom. The fraction of sp³-hybridized carbons (Fsp3) is 0.526. The molecule has 0 aliphatic carbocycles. The van der Waals surface area contributed by atoms with Gasteiger partial charge in [0.05, 0.1) is 32.0 Å². The van der Waals surface area contributed by atoms with Gasteiger partial charge >= 0.3 is 0 Å². The van der Waals surface area contributed by atoms with E-state index in [9.17, 15) is 9.90 Å². The van der Waals surface area contributed by atoms with Crippen LogP contribution in [0.5, 0.6) is 5.75 Å². The maximum Gasteiger partial charge on any atom is 0.217 e. The maximum atomic E-state index is 11.4. The van der Waals surface area contributed by atoms with Crippen LogP contribution in [-0.2, 0) is 20.8 Å². The molecule has 1 aromatic heterocycles. The summed E-state index contributed by atoms with van der Waals surface area (Å²) in [6.45, 7) is 3.58. The normalized spacial score (nSPS) is 27.4. The summed E-state index contributed by atoms with van der Waals surface area (Å²) in [7, 11) is 3.12. The van der Waals surface area contributed by atoms with Crippen molar-refractivity contribution in [3.05, 3.63) is 30.5 Å². The lowest BCUT2D eigenvalue weighted by molar-refractivity contribution is -0.245. The average Bonchev–Trinajstić information content (AvgIpc) is 3.16. The Hall–Kier alpha value is -2.49. The SMILES string of the molecule is COc1cccc(-c2cn(C[C@H]3OC(OC)[C@H](NC(C)=O)[C@@H](C)[C@H]3O)nn2)c1. The summed E-state index contributed by atoms with van der Waals surface area (Å²) in [4.78, 5) is 11.4. The monoisotopic (exact) mass is 390 g/mol. The van der Waals surface area contributed by atoms with Crippen LogP contribution in [0.3, 0.4) is 0 Å². The highest BCUT2D eigenvalue weighted by molar-refractivity contribution is 5.73. The van der Waals surface area contributed by atoms with E-state index in [1.165, 1.54) is 14.0 Å². The second-order valence-corrected chi connectivity index (χ2v) is 6.91. The number of aromatic nitrogens is 3. The summed E-state index contributed by atoms with van der Waals surface area (Å²) < 4.78 is 18.1. The fourth-order valence-corrected chi connectivity index (χ4v) is 3.41. The van der Waals surface area contributed by atoms with E-state index in [1.807, 2.05) is 31.2 Å². The number of benzene rings is 1. The molecule has 3 rings (SSSR count). The number of nitrogens with zero attached hydrogens (tertiary/aromatic N) is 3. The van der Waals surface area contributed by atoms with Crippen LogP contribution >= 0.6 is 0 Å². The molecule has 2 N–H and O–H groups in total. The van der Waals surface area contributed by atoms with Crippen LogP contribution < -0.4 is 10.1 Å². The van der Waals surface area contributed by atoms with Crippen LogP contribution in [-0.4, -0.2) is 64.8 Å². The van der Waals surface area contributed by atoms with Crippen LogP contribution in [0.2, 0.25) is 0 Å². The van der Waals surface area contributed by atoms with E-state index in [4.69, 9.17) is 14.2 Å². The molecule has 1 aliphatic heterocycles. The van der Waals surface area contributed by atoms with Gasteiger partial charge in [0, 0.05) is 25.5 Å². The van der Waals surface area contributed by atoms with E-state index in [0.717, 1.165) is 11.3 Å². The van der Waals surface area contributed by atoms with Crippen LogP contribution in [0, 0.1) is 5.92 Å². The summed E-state index contributed by atoms with van der Waals surface area (Å²) in [6, 6.07) is 7.11. The standard InChI is InChI=1S/C19H26N4O5/c1-11-17(20-12(2)24)19(27-4)28-16(18(11)25)10-23-9-15(21-22-23)13-6-5-7-14(8-13)26-3/h5-9,11,16-19,25H,10H2,1-4H3,(H,20,24)/t11-,16-,17-,18-,19?/m1/s1. The molecular weight excluding hydrogens is 364 g/mol. The highest BCUT2D eigenvalue weighted by atomic mass is 16.7. The zero-order valence-corrected chi connectivity index (χ0v) is 16.4. The number of carbonyl (C=O) groups is 1. The largest absolute Gasteiger partial charge is 0.497 e. The van der Waals surface area contributed by atoms with E-state index in [1.54, 1.807) is 18.0 Å². The van der Waals surface area contributed by atoms with Gasteiger partial charge in [-0.05, 0) is 12.1 Å². The first-order valence-corrected chi connectivity index (χ1v) is 9.11. The van der Waals surface area contributed by atoms with Gasteiger partial charge in [0.1, 0.15) is 17.5 Å². The van der Waals surface area contributed by atoms with Crippen molar-refractivity contribution in [2.75, 3.05) is 14.2 Å². The molecule has 1 aliphatic rings. The van der Waals surface area contributed by atoms with Crippen LogP contribution in [0.25, 0.3) is 11.3 Å². The van der Waals surface area contributed by atoms with Crippen LogP contribution in [0.15, 0.2) is 30.5 Å². The van der Waals surface area contributed by atoms with Gasteiger partial charge in [-0.25, -0.2) is 4.68 Å². The smallest absolute Gasteiger partial charge is 0.217 e. The molecule has 9 nitrogen and oxygen atoms in total. The van der Waals surface area contributed by atoms with Crippen molar-refractivity contribution >= 4 is 5.91 Å². The average molecular weight is 390 g/mol.